The molecule has 1 fully saturated rings. The van der Waals surface area contributed by atoms with E-state index in [2.05, 4.69) is 17.3 Å². The van der Waals surface area contributed by atoms with Gasteiger partial charge in [-0.15, -0.1) is 0 Å². The van der Waals surface area contributed by atoms with Crippen molar-refractivity contribution in [2.24, 2.45) is 0 Å². The van der Waals surface area contributed by atoms with E-state index in [0.717, 1.165) is 17.6 Å². The van der Waals surface area contributed by atoms with Crippen LogP contribution in [0.25, 0.3) is 0 Å². The maximum atomic E-state index is 10.6. The molecule has 1 aliphatic rings. The van der Waals surface area contributed by atoms with Gasteiger partial charge in [-0.25, -0.2) is 0 Å². The van der Waals surface area contributed by atoms with E-state index in [1.807, 2.05) is 0 Å². The van der Waals surface area contributed by atoms with E-state index in [4.69, 9.17) is 0 Å². The quantitative estimate of drug-likeness (QED) is 0.574. The van der Waals surface area contributed by atoms with Crippen molar-refractivity contribution in [2.45, 2.75) is 34.9 Å². The van der Waals surface area contributed by atoms with Crippen LogP contribution in [-0.4, -0.2) is 19.0 Å². The zero-order chi connectivity index (χ0) is 7.07. The fourth-order valence-electron chi connectivity index (χ4n) is 1.10. The van der Waals surface area contributed by atoms with Gasteiger partial charge < -0.3 is 0 Å². The van der Waals surface area contributed by atoms with Crippen LogP contribution in [0.2, 0.25) is 22.0 Å². The fraction of sp³-hybridized carbons (Fsp3) is 0.857. The Bertz CT molecular complexity index is 126. The Hall–Kier alpha value is 0.213. The monoisotopic (exact) mass is 188 g/mol. The first-order valence-corrected chi connectivity index (χ1v) is 11.0. The van der Waals surface area contributed by atoms with Gasteiger partial charge in [0.05, 0.1) is 0 Å². The molecule has 1 saturated carbocycles. The Morgan fingerprint density at radius 1 is 1.33 bits per heavy atom. The topological polar surface area (TPSA) is 17.1 Å². The van der Waals surface area contributed by atoms with Gasteiger partial charge in [-0.05, 0) is 0 Å². The molecule has 1 aliphatic carbocycles. The van der Waals surface area contributed by atoms with E-state index < -0.39 is 13.3 Å². The molecule has 9 heavy (non-hydrogen) atoms. The van der Waals surface area contributed by atoms with Crippen molar-refractivity contribution in [3.63, 3.8) is 0 Å². The summed E-state index contributed by atoms with van der Waals surface area (Å²) in [5, 5.41) is 0. The second-order valence-electron chi connectivity index (χ2n) is 4.01. The Balaban J connectivity index is 2.40. The third-order valence-electron chi connectivity index (χ3n) is 2.17. The Kier molecular flexibility index (Phi) is 1.72. The molecule has 0 heterocycles. The minimum atomic E-state index is -1.39. The summed E-state index contributed by atoms with van der Waals surface area (Å²) in [6, 6.07) is 0. The van der Waals surface area contributed by atoms with Gasteiger partial charge in [-0.3, -0.25) is 0 Å². The average Bonchev–Trinajstić information content (AvgIpc) is 1.55. The zero-order valence-electron chi connectivity index (χ0n) is 6.40. The van der Waals surface area contributed by atoms with Gasteiger partial charge in [0.1, 0.15) is 0 Å². The van der Waals surface area contributed by atoms with Crippen LogP contribution in [0.5, 0.6) is 0 Å². The van der Waals surface area contributed by atoms with Gasteiger partial charge in [-0.1, -0.05) is 0 Å². The average molecular weight is 187 g/mol. The van der Waals surface area contributed by atoms with E-state index >= 15 is 0 Å². The molecule has 0 N–H and O–H groups in total. The third-order valence-corrected chi connectivity index (χ3v) is 8.17. The number of rotatable bonds is 1. The van der Waals surface area contributed by atoms with Crippen molar-refractivity contribution in [3.05, 3.63) is 0 Å². The van der Waals surface area contributed by atoms with Gasteiger partial charge >= 0.3 is 58.7 Å². The van der Waals surface area contributed by atoms with Crippen molar-refractivity contribution in [2.75, 3.05) is 0 Å². The first-order chi connectivity index (χ1) is 4.00. The molecule has 0 aromatic carbocycles. The van der Waals surface area contributed by atoms with Crippen molar-refractivity contribution in [1.82, 2.24) is 0 Å². The second-order valence-corrected chi connectivity index (χ2v) is 15.7. The Morgan fingerprint density at radius 2 is 1.78 bits per heavy atom. The molecule has 0 bridgehead atoms. The molecule has 0 spiro atoms. The molecule has 52 valence electrons. The van der Waals surface area contributed by atoms with Crippen LogP contribution in [0, 0.1) is 0 Å². The molecule has 0 atom stereocenters. The zero-order valence-corrected chi connectivity index (χ0v) is 8.50. The van der Waals surface area contributed by atoms with E-state index in [0.29, 0.717) is 5.78 Å². The molecular weight excluding hydrogens is 173 g/mol. The van der Waals surface area contributed by atoms with Gasteiger partial charge in [0.25, 0.3) is 0 Å². The number of Topliss-reactive ketones (excluding diaryl/α,β-unsaturated/α-hetero) is 1. The number of carbonyl (C=O) groups is 1. The van der Waals surface area contributed by atoms with Gasteiger partial charge in [0.15, 0.2) is 0 Å². The third kappa shape index (κ3) is 1.57. The van der Waals surface area contributed by atoms with Crippen LogP contribution in [0.3, 0.4) is 0 Å². The summed E-state index contributed by atoms with van der Waals surface area (Å²) in [5.41, 5.74) is 0. The van der Waals surface area contributed by atoms with Crippen LogP contribution in [0.1, 0.15) is 12.8 Å². The molecule has 1 rings (SSSR count). The molecule has 0 amide bonds. The molecule has 0 saturated heterocycles. The number of hydrogen-bond donors (Lipinski definition) is 0. The van der Waals surface area contributed by atoms with Crippen molar-refractivity contribution >= 4 is 19.0 Å². The number of ketones is 1. The summed E-state index contributed by atoms with van der Waals surface area (Å²) in [5.74, 6) is 7.64. The summed E-state index contributed by atoms with van der Waals surface area (Å²) in [7, 11) is 0. The molecule has 0 aliphatic heterocycles. The summed E-state index contributed by atoms with van der Waals surface area (Å²) in [6.45, 7) is 0. The second kappa shape index (κ2) is 2.12. The molecule has 2 heteroatoms. The van der Waals surface area contributed by atoms with E-state index in [1.54, 1.807) is 0 Å². The summed E-state index contributed by atoms with van der Waals surface area (Å²) in [4.78, 5) is 10.6. The van der Waals surface area contributed by atoms with Gasteiger partial charge in [0, 0.05) is 0 Å². The Labute approximate surface area is 59.2 Å². The SMILES string of the molecule is [CH3][Ge]([CH3])([CH3])[CH]1CC(=O)C1. The molecule has 0 aromatic heterocycles. The van der Waals surface area contributed by atoms with Crippen molar-refractivity contribution in [3.8, 4) is 0 Å². The standard InChI is InChI=1S/C7H14GeO/c1-8(2,3)6-4-7(9)5-6/h6H,4-5H2,1-3H3. The first kappa shape index (κ1) is 7.32. The van der Waals surface area contributed by atoms with Crippen molar-refractivity contribution in [1.29, 1.82) is 0 Å². The van der Waals surface area contributed by atoms with Crippen LogP contribution in [0.4, 0.5) is 0 Å². The van der Waals surface area contributed by atoms with E-state index in [1.165, 1.54) is 0 Å². The van der Waals surface area contributed by atoms with E-state index in [-0.39, 0.29) is 0 Å². The van der Waals surface area contributed by atoms with E-state index in [9.17, 15) is 4.79 Å². The predicted molar refractivity (Wildman–Crippen MR) is 41.3 cm³/mol. The number of carbonyl (C=O) groups excluding carboxylic acids is 1. The molecule has 0 radical (unpaired) electrons. The summed E-state index contributed by atoms with van der Waals surface area (Å²) >= 11 is -1.39. The molecule has 1 nitrogen and oxygen atoms in total. The molecule has 0 unspecified atom stereocenters. The minimum absolute atomic E-state index is 0.487. The number of hydrogen-bond acceptors (Lipinski definition) is 1. The molecule has 0 aromatic rings. The van der Waals surface area contributed by atoms with Crippen LogP contribution in [-0.2, 0) is 4.79 Å². The van der Waals surface area contributed by atoms with Crippen LogP contribution < -0.4 is 0 Å². The Morgan fingerprint density at radius 3 is 1.89 bits per heavy atom. The van der Waals surface area contributed by atoms with Crippen LogP contribution >= 0.6 is 0 Å². The fourth-order valence-corrected chi connectivity index (χ4v) is 4.63. The normalized spacial score (nSPS) is 21.9. The molecular formula is C7H14GeO. The van der Waals surface area contributed by atoms with Crippen LogP contribution in [0.15, 0.2) is 0 Å². The summed E-state index contributed by atoms with van der Waals surface area (Å²) in [6.07, 6.45) is 1.81. The van der Waals surface area contributed by atoms with Crippen molar-refractivity contribution < 1.29 is 4.79 Å². The predicted octanol–water partition coefficient (Wildman–Crippen LogP) is 2.06. The maximum absolute atomic E-state index is 10.6. The van der Waals surface area contributed by atoms with Gasteiger partial charge in [0.2, 0.25) is 0 Å². The summed E-state index contributed by atoms with van der Waals surface area (Å²) < 4.78 is 0.845. The van der Waals surface area contributed by atoms with Gasteiger partial charge in [-0.2, -0.15) is 0 Å². The first-order valence-electron chi connectivity index (χ1n) is 3.52.